The van der Waals surface area contributed by atoms with Gasteiger partial charge in [0.1, 0.15) is 10.6 Å². The molecule has 2 heteroatoms. The van der Waals surface area contributed by atoms with E-state index in [0.717, 1.165) is 22.4 Å². The Morgan fingerprint density at radius 3 is 1.53 bits per heavy atom. The van der Waals surface area contributed by atoms with E-state index in [1.165, 1.54) is 5.56 Å². The molecule has 0 radical (unpaired) electrons. The molecule has 150 valence electrons. The molecule has 0 saturated carbocycles. The highest BCUT2D eigenvalue weighted by Crippen LogP contribution is 2.46. The van der Waals surface area contributed by atoms with Crippen molar-refractivity contribution < 1.29 is 4.74 Å². The Bertz CT molecular complexity index is 1000. The number of alkyl halides is 1. The minimum absolute atomic E-state index is 0.783. The molecule has 0 aliphatic carbocycles. The van der Waals surface area contributed by atoms with E-state index in [0.29, 0.717) is 0 Å². The van der Waals surface area contributed by atoms with Gasteiger partial charge in [-0.05, 0) is 22.8 Å². The molecule has 0 atom stereocenters. The van der Waals surface area contributed by atoms with Gasteiger partial charge in [0.15, 0.2) is 0 Å². The number of methoxy groups -OCH3 is 1. The number of hydrogen-bond donors (Lipinski definition) is 0. The molecule has 0 bridgehead atoms. The van der Waals surface area contributed by atoms with Crippen molar-refractivity contribution in [2.45, 2.75) is 4.87 Å². The van der Waals surface area contributed by atoms with Gasteiger partial charge in [-0.1, -0.05) is 122 Å². The summed E-state index contributed by atoms with van der Waals surface area (Å²) in [6.07, 6.45) is 1.83. The summed E-state index contributed by atoms with van der Waals surface area (Å²) in [4.78, 5) is -0.783. The van der Waals surface area contributed by atoms with Crippen LogP contribution in [0.4, 0.5) is 0 Å². The van der Waals surface area contributed by atoms with Crippen LogP contribution >= 0.6 is 11.6 Å². The summed E-state index contributed by atoms with van der Waals surface area (Å²) in [6.45, 7) is 3.63. The van der Waals surface area contributed by atoms with Crippen molar-refractivity contribution >= 4 is 17.7 Å². The third-order valence-corrected chi connectivity index (χ3v) is 5.50. The average molecular weight is 413 g/mol. The van der Waals surface area contributed by atoms with Crippen LogP contribution < -0.4 is 4.74 Å². The predicted octanol–water partition coefficient (Wildman–Crippen LogP) is 7.56. The van der Waals surface area contributed by atoms with Gasteiger partial charge < -0.3 is 4.74 Å². The van der Waals surface area contributed by atoms with Crippen LogP contribution in [0.1, 0.15) is 22.3 Å². The molecule has 0 aliphatic heterocycles. The Morgan fingerprint density at radius 2 is 1.10 bits per heavy atom. The van der Waals surface area contributed by atoms with Crippen molar-refractivity contribution in [2.75, 3.05) is 7.11 Å². The Labute approximate surface area is 184 Å². The Balaban J connectivity index is 0.000000269. The molecule has 0 amide bonds. The number of hydrogen-bond acceptors (Lipinski definition) is 1. The maximum absolute atomic E-state index is 7.22. The molecule has 0 spiro atoms. The lowest BCUT2D eigenvalue weighted by Gasteiger charge is -2.30. The Kier molecular flexibility index (Phi) is 7.48. The van der Waals surface area contributed by atoms with Crippen molar-refractivity contribution in [3.63, 3.8) is 0 Å². The quantitative estimate of drug-likeness (QED) is 0.243. The standard InChI is InChI=1S/C20H17ClO.C8H8/c1-22-19-15-9-8-14-18(19)20(21,16-10-4-2-5-11-16)17-12-6-3-7-13-17;1-2-8-6-4-3-5-7-8/h2-15H,1H3;2-7H,1H2. The van der Waals surface area contributed by atoms with Gasteiger partial charge in [-0.25, -0.2) is 0 Å². The first-order chi connectivity index (χ1) is 14.7. The number of para-hydroxylation sites is 1. The minimum atomic E-state index is -0.783. The van der Waals surface area contributed by atoms with Crippen molar-refractivity contribution in [3.8, 4) is 5.75 Å². The topological polar surface area (TPSA) is 9.23 Å². The highest BCUT2D eigenvalue weighted by molar-refractivity contribution is 6.28. The summed E-state index contributed by atoms with van der Waals surface area (Å²) in [5.74, 6) is 0.783. The van der Waals surface area contributed by atoms with Crippen LogP contribution in [-0.2, 0) is 4.87 Å². The zero-order valence-electron chi connectivity index (χ0n) is 17.0. The second-order valence-electron chi connectivity index (χ2n) is 6.71. The molecule has 0 saturated heterocycles. The fourth-order valence-electron chi connectivity index (χ4n) is 3.33. The molecule has 4 aromatic rings. The van der Waals surface area contributed by atoms with Crippen molar-refractivity contribution in [1.82, 2.24) is 0 Å². The van der Waals surface area contributed by atoms with Crippen molar-refractivity contribution in [3.05, 3.63) is 144 Å². The van der Waals surface area contributed by atoms with Crippen molar-refractivity contribution in [2.24, 2.45) is 0 Å². The largest absolute Gasteiger partial charge is 0.496 e. The van der Waals surface area contributed by atoms with E-state index in [1.807, 2.05) is 121 Å². The Hall–Kier alpha value is -3.29. The second kappa shape index (κ2) is 10.5. The van der Waals surface area contributed by atoms with Crippen LogP contribution in [0.3, 0.4) is 0 Å². The van der Waals surface area contributed by atoms with Crippen LogP contribution in [-0.4, -0.2) is 7.11 Å². The molecule has 0 aliphatic rings. The lowest BCUT2D eigenvalue weighted by atomic mass is 9.83. The van der Waals surface area contributed by atoms with Gasteiger partial charge in [0.25, 0.3) is 0 Å². The molecule has 30 heavy (non-hydrogen) atoms. The lowest BCUT2D eigenvalue weighted by Crippen LogP contribution is -2.23. The maximum Gasteiger partial charge on any atom is 0.124 e. The molecule has 4 aromatic carbocycles. The van der Waals surface area contributed by atoms with E-state index in [-0.39, 0.29) is 0 Å². The van der Waals surface area contributed by atoms with Gasteiger partial charge >= 0.3 is 0 Å². The fourth-order valence-corrected chi connectivity index (χ4v) is 3.74. The highest BCUT2D eigenvalue weighted by Gasteiger charge is 2.36. The lowest BCUT2D eigenvalue weighted by molar-refractivity contribution is 0.407. The van der Waals surface area contributed by atoms with Gasteiger partial charge in [0.2, 0.25) is 0 Å². The molecular weight excluding hydrogens is 388 g/mol. The zero-order chi connectivity index (χ0) is 21.2. The summed E-state index contributed by atoms with van der Waals surface area (Å²) in [6, 6.07) is 38.1. The minimum Gasteiger partial charge on any atom is -0.496 e. The second-order valence-corrected chi connectivity index (χ2v) is 7.27. The summed E-state index contributed by atoms with van der Waals surface area (Å²) in [5.41, 5.74) is 4.16. The third kappa shape index (κ3) is 4.82. The van der Waals surface area contributed by atoms with E-state index >= 15 is 0 Å². The zero-order valence-corrected chi connectivity index (χ0v) is 17.8. The molecule has 0 N–H and O–H groups in total. The van der Waals surface area contributed by atoms with E-state index in [1.54, 1.807) is 7.11 Å². The third-order valence-electron chi connectivity index (χ3n) is 4.86. The smallest absolute Gasteiger partial charge is 0.124 e. The number of benzene rings is 4. The van der Waals surface area contributed by atoms with Crippen LogP contribution in [0.15, 0.2) is 122 Å². The number of rotatable bonds is 5. The van der Waals surface area contributed by atoms with Gasteiger partial charge in [0.05, 0.1) is 7.11 Å². The molecule has 0 fully saturated rings. The van der Waals surface area contributed by atoms with Gasteiger partial charge in [-0.15, -0.1) is 11.6 Å². The first kappa shape index (κ1) is 21.4. The summed E-state index contributed by atoms with van der Waals surface area (Å²) in [7, 11) is 1.67. The summed E-state index contributed by atoms with van der Waals surface area (Å²) < 4.78 is 5.55. The van der Waals surface area contributed by atoms with E-state index in [2.05, 4.69) is 6.58 Å². The summed E-state index contributed by atoms with van der Waals surface area (Å²) >= 11 is 7.22. The number of halogens is 1. The first-order valence-electron chi connectivity index (χ1n) is 9.81. The van der Waals surface area contributed by atoms with Crippen LogP contribution in [0, 0.1) is 0 Å². The molecular formula is C28H25ClO. The Morgan fingerprint density at radius 1 is 0.667 bits per heavy atom. The van der Waals surface area contributed by atoms with E-state index in [4.69, 9.17) is 16.3 Å². The molecule has 0 heterocycles. The predicted molar refractivity (Wildman–Crippen MR) is 128 cm³/mol. The van der Waals surface area contributed by atoms with E-state index in [9.17, 15) is 0 Å². The van der Waals surface area contributed by atoms with Crippen LogP contribution in [0.5, 0.6) is 5.75 Å². The normalized spacial score (nSPS) is 10.5. The fraction of sp³-hybridized carbons (Fsp3) is 0.0714. The molecule has 4 rings (SSSR count). The van der Waals surface area contributed by atoms with Crippen molar-refractivity contribution in [1.29, 1.82) is 0 Å². The van der Waals surface area contributed by atoms with E-state index < -0.39 is 4.87 Å². The highest BCUT2D eigenvalue weighted by atomic mass is 35.5. The first-order valence-corrected chi connectivity index (χ1v) is 10.2. The van der Waals surface area contributed by atoms with Gasteiger partial charge in [0, 0.05) is 5.56 Å². The summed E-state index contributed by atoms with van der Waals surface area (Å²) in [5, 5.41) is 0. The molecule has 1 nitrogen and oxygen atoms in total. The average Bonchev–Trinajstić information content (AvgIpc) is 2.85. The monoisotopic (exact) mass is 412 g/mol. The molecule has 0 aromatic heterocycles. The van der Waals surface area contributed by atoms with Gasteiger partial charge in [-0.3, -0.25) is 0 Å². The molecule has 0 unspecified atom stereocenters. The number of ether oxygens (including phenoxy) is 1. The van der Waals surface area contributed by atoms with Gasteiger partial charge in [-0.2, -0.15) is 0 Å². The SMILES string of the molecule is C=Cc1ccccc1.COc1ccccc1C(Cl)(c1ccccc1)c1ccccc1. The van der Waals surface area contributed by atoms with Crippen LogP contribution in [0.25, 0.3) is 6.08 Å². The maximum atomic E-state index is 7.22. The van der Waals surface area contributed by atoms with Crippen LogP contribution in [0.2, 0.25) is 0 Å².